The first-order valence-corrected chi connectivity index (χ1v) is 14.7. The molecule has 6 N–H and O–H groups in total. The molecule has 14 heteroatoms. The fourth-order valence-electron chi connectivity index (χ4n) is 5.09. The fourth-order valence-corrected chi connectivity index (χ4v) is 5.29. The van der Waals surface area contributed by atoms with Crippen LogP contribution in [-0.2, 0) is 9.53 Å². The van der Waals surface area contributed by atoms with Crippen LogP contribution in [0.25, 0.3) is 11.1 Å². The number of primary amides is 1. The number of ether oxygens (including phenoxy) is 2. The maximum absolute atomic E-state index is 15.8. The number of hydrogen-bond acceptors (Lipinski definition) is 6. The predicted molar refractivity (Wildman–Crippen MR) is 163 cm³/mol. The summed E-state index contributed by atoms with van der Waals surface area (Å²) in [5.74, 6) is -5.60. The first-order chi connectivity index (χ1) is 21.7. The molecule has 0 radical (unpaired) electrons. The highest BCUT2D eigenvalue weighted by molar-refractivity contribution is 6.33. The van der Waals surface area contributed by atoms with Crippen LogP contribution < -0.4 is 21.5 Å². The second-order valence-corrected chi connectivity index (χ2v) is 11.0. The van der Waals surface area contributed by atoms with E-state index in [4.69, 9.17) is 42.4 Å². The van der Waals surface area contributed by atoms with Gasteiger partial charge in [-0.3, -0.25) is 4.79 Å². The maximum atomic E-state index is 15.8. The molecule has 0 spiro atoms. The molecule has 250 valence electrons. The van der Waals surface area contributed by atoms with Crippen molar-refractivity contribution in [1.82, 2.24) is 5.32 Å². The minimum absolute atomic E-state index is 0.0275. The number of carbonyl (C=O) groups is 2. The number of methoxy groups -OCH3 is 1. The second kappa shape index (κ2) is 16.7. The van der Waals surface area contributed by atoms with Gasteiger partial charge in [-0.2, -0.15) is 13.2 Å². The molecule has 8 nitrogen and oxygen atoms in total. The molecule has 46 heavy (non-hydrogen) atoms. The lowest BCUT2D eigenvalue weighted by molar-refractivity contribution is -0.192. The summed E-state index contributed by atoms with van der Waals surface area (Å²) in [6, 6.07) is 15.9. The molecule has 1 aliphatic rings. The highest BCUT2D eigenvalue weighted by Gasteiger charge is 2.38. The van der Waals surface area contributed by atoms with E-state index in [9.17, 15) is 18.0 Å². The number of benzene rings is 3. The van der Waals surface area contributed by atoms with E-state index in [1.165, 1.54) is 25.3 Å². The zero-order chi connectivity index (χ0) is 34.0. The summed E-state index contributed by atoms with van der Waals surface area (Å²) in [4.78, 5) is 21.2. The molecule has 1 atom stereocenters. The number of amides is 1. The number of alkyl halides is 3. The molecule has 1 saturated carbocycles. The van der Waals surface area contributed by atoms with E-state index < -0.39 is 29.7 Å². The minimum atomic E-state index is -5.08. The summed E-state index contributed by atoms with van der Waals surface area (Å²) in [5.41, 5.74) is 12.9. The Morgan fingerprint density at radius 1 is 1.02 bits per heavy atom. The fraction of sp³-hybridized carbons (Fsp3) is 0.375. The first kappa shape index (κ1) is 36.7. The number of carboxylic acid groups (broad SMARTS) is 1. The zero-order valence-electron chi connectivity index (χ0n) is 24.9. The molecule has 0 saturated heterocycles. The predicted octanol–water partition coefficient (Wildman–Crippen LogP) is 6.03. The van der Waals surface area contributed by atoms with Crippen LogP contribution in [0.15, 0.2) is 54.6 Å². The van der Waals surface area contributed by atoms with E-state index in [0.29, 0.717) is 18.2 Å². The topological polar surface area (TPSA) is 137 Å². The Kier molecular flexibility index (Phi) is 13.3. The molecule has 1 amide bonds. The average Bonchev–Trinajstić information content (AvgIpc) is 3.01. The van der Waals surface area contributed by atoms with Gasteiger partial charge in [-0.1, -0.05) is 41.9 Å². The number of carboxylic acids is 1. The second-order valence-electron chi connectivity index (χ2n) is 10.7. The van der Waals surface area contributed by atoms with Gasteiger partial charge in [0, 0.05) is 42.8 Å². The van der Waals surface area contributed by atoms with Crippen molar-refractivity contribution in [3.05, 3.63) is 87.9 Å². The summed E-state index contributed by atoms with van der Waals surface area (Å²) in [6.07, 6.45) is -1.26. The summed E-state index contributed by atoms with van der Waals surface area (Å²) in [6.45, 7) is 0.838. The number of nitrogens with two attached hydrogens (primary N) is 2. The van der Waals surface area contributed by atoms with E-state index in [-0.39, 0.29) is 52.6 Å². The molecule has 3 aromatic rings. The third kappa shape index (κ3) is 9.86. The van der Waals surface area contributed by atoms with Crippen LogP contribution in [0.2, 0.25) is 5.02 Å². The van der Waals surface area contributed by atoms with Crippen LogP contribution in [0.3, 0.4) is 0 Å². The number of nitrogens with one attached hydrogen (secondary N) is 1. The van der Waals surface area contributed by atoms with Gasteiger partial charge in [-0.15, -0.1) is 0 Å². The summed E-state index contributed by atoms with van der Waals surface area (Å²) >= 11 is 6.41. The Morgan fingerprint density at radius 2 is 1.65 bits per heavy atom. The normalized spacial score (nSPS) is 17.0. The highest BCUT2D eigenvalue weighted by atomic mass is 35.5. The van der Waals surface area contributed by atoms with Crippen molar-refractivity contribution < 1.29 is 46.1 Å². The summed E-state index contributed by atoms with van der Waals surface area (Å²) in [5, 5.41) is 10.4. The van der Waals surface area contributed by atoms with E-state index in [1.807, 2.05) is 30.3 Å². The average molecular weight is 672 g/mol. The van der Waals surface area contributed by atoms with Crippen LogP contribution in [0.4, 0.5) is 22.0 Å². The van der Waals surface area contributed by atoms with Crippen molar-refractivity contribution in [2.75, 3.05) is 26.9 Å². The van der Waals surface area contributed by atoms with Gasteiger partial charge in [-0.05, 0) is 61.1 Å². The number of carbonyl (C=O) groups excluding carboxylic acids is 1. The van der Waals surface area contributed by atoms with Crippen molar-refractivity contribution in [2.45, 2.75) is 49.9 Å². The van der Waals surface area contributed by atoms with Gasteiger partial charge in [0.2, 0.25) is 5.91 Å². The van der Waals surface area contributed by atoms with Crippen molar-refractivity contribution in [3.8, 4) is 16.9 Å². The van der Waals surface area contributed by atoms with Crippen LogP contribution in [0.1, 0.15) is 53.1 Å². The third-order valence-corrected chi connectivity index (χ3v) is 7.85. The first-order valence-electron chi connectivity index (χ1n) is 14.3. The van der Waals surface area contributed by atoms with Gasteiger partial charge < -0.3 is 31.4 Å². The standard InChI is InChI=1S/C30H34ClF2N3O3.C2HF3O2/c1-38-13-14-39-26-12-11-22(30(35)37)27(29(26)33)23-15-19(16-25(32)28(23)31)24(18-5-3-2-4-6-18)17-36-21-9-7-20(34)8-10-21;3-2(4,5)1(6)7/h2-6,11-12,15-16,20-21,24,36H,7-10,13-14,17,34H2,1H3,(H2,35,37);(H,6,7). The highest BCUT2D eigenvalue weighted by Crippen LogP contribution is 2.40. The monoisotopic (exact) mass is 671 g/mol. The Morgan fingerprint density at radius 3 is 2.22 bits per heavy atom. The molecule has 1 aliphatic carbocycles. The smallest absolute Gasteiger partial charge is 0.488 e. The lowest BCUT2D eigenvalue weighted by Gasteiger charge is -2.29. The molecular weight excluding hydrogens is 637 g/mol. The van der Waals surface area contributed by atoms with Gasteiger partial charge >= 0.3 is 12.1 Å². The SMILES string of the molecule is COCCOc1ccc(C(N)=O)c(-c2cc(C(CNC3CCC(N)CC3)c3ccccc3)cc(F)c2Cl)c1F.O=C(O)C(F)(F)F. The number of rotatable bonds is 11. The summed E-state index contributed by atoms with van der Waals surface area (Å²) < 4.78 is 73.4. The van der Waals surface area contributed by atoms with Gasteiger partial charge in [0.15, 0.2) is 11.6 Å². The molecule has 0 bridgehead atoms. The van der Waals surface area contributed by atoms with Crippen LogP contribution >= 0.6 is 11.6 Å². The van der Waals surface area contributed by atoms with Crippen molar-refractivity contribution in [1.29, 1.82) is 0 Å². The van der Waals surface area contributed by atoms with E-state index in [2.05, 4.69) is 5.32 Å². The molecule has 3 aromatic carbocycles. The molecule has 1 fully saturated rings. The minimum Gasteiger partial charge on any atom is -0.488 e. The van der Waals surface area contributed by atoms with Gasteiger partial charge in [0.05, 0.1) is 17.2 Å². The maximum Gasteiger partial charge on any atom is 0.490 e. The van der Waals surface area contributed by atoms with Crippen LogP contribution in [0, 0.1) is 11.6 Å². The Balaban J connectivity index is 0.000000738. The lowest BCUT2D eigenvalue weighted by Crippen LogP contribution is -2.39. The Hall–Kier alpha value is -3.78. The van der Waals surface area contributed by atoms with Crippen molar-refractivity contribution in [3.63, 3.8) is 0 Å². The van der Waals surface area contributed by atoms with Crippen molar-refractivity contribution in [2.24, 2.45) is 11.5 Å². The Labute approximate surface area is 267 Å². The largest absolute Gasteiger partial charge is 0.490 e. The zero-order valence-corrected chi connectivity index (χ0v) is 25.6. The molecule has 1 unspecified atom stereocenters. The molecular formula is C32H35ClF5N3O5. The molecule has 0 aromatic heterocycles. The van der Waals surface area contributed by atoms with Gasteiger partial charge in [0.1, 0.15) is 12.4 Å². The van der Waals surface area contributed by atoms with E-state index >= 15 is 8.78 Å². The van der Waals surface area contributed by atoms with Crippen LogP contribution in [-0.4, -0.2) is 62.1 Å². The van der Waals surface area contributed by atoms with Crippen molar-refractivity contribution >= 4 is 23.5 Å². The third-order valence-electron chi connectivity index (χ3n) is 7.47. The number of halogens is 6. The van der Waals surface area contributed by atoms with Gasteiger partial charge in [0.25, 0.3) is 0 Å². The Bertz CT molecular complexity index is 1490. The van der Waals surface area contributed by atoms with E-state index in [1.54, 1.807) is 6.07 Å². The number of hydrogen-bond donors (Lipinski definition) is 4. The molecule has 0 heterocycles. The lowest BCUT2D eigenvalue weighted by atomic mass is 9.87. The quantitative estimate of drug-likeness (QED) is 0.144. The van der Waals surface area contributed by atoms with Gasteiger partial charge in [-0.25, -0.2) is 13.6 Å². The summed E-state index contributed by atoms with van der Waals surface area (Å²) in [7, 11) is 1.50. The number of aliphatic carboxylic acids is 1. The van der Waals surface area contributed by atoms with Crippen LogP contribution in [0.5, 0.6) is 5.75 Å². The van der Waals surface area contributed by atoms with E-state index in [0.717, 1.165) is 31.2 Å². The molecule has 4 rings (SSSR count). The molecule has 0 aliphatic heterocycles.